The number of fused-ring (bicyclic) bond motifs is 5. The van der Waals surface area contributed by atoms with E-state index in [-0.39, 0.29) is 17.9 Å². The lowest BCUT2D eigenvalue weighted by Gasteiger charge is -2.56. The van der Waals surface area contributed by atoms with Crippen LogP contribution in [-0.2, 0) is 11.3 Å². The number of carbonyl (C=O) groups is 1. The molecule has 4 fully saturated rings. The summed E-state index contributed by atoms with van der Waals surface area (Å²) in [6, 6.07) is 0. The summed E-state index contributed by atoms with van der Waals surface area (Å²) in [7, 11) is 0. The minimum atomic E-state index is -0.447. The van der Waals surface area contributed by atoms with Crippen molar-refractivity contribution in [2.24, 2.45) is 40.9 Å². The smallest absolute Gasteiger partial charge is 0.162 e. The Labute approximate surface area is 167 Å². The van der Waals surface area contributed by atoms with E-state index >= 15 is 0 Å². The van der Waals surface area contributed by atoms with E-state index in [9.17, 15) is 9.90 Å². The molecule has 6 heteroatoms. The van der Waals surface area contributed by atoms with Gasteiger partial charge in [-0.05, 0) is 105 Å². The Morgan fingerprint density at radius 2 is 1.89 bits per heavy atom. The van der Waals surface area contributed by atoms with Gasteiger partial charge in [-0.15, -0.1) is 10.2 Å². The third kappa shape index (κ3) is 2.94. The maximum atomic E-state index is 13.1. The van der Waals surface area contributed by atoms with Gasteiger partial charge >= 0.3 is 0 Å². The molecule has 0 amide bonds. The average Bonchev–Trinajstić information content (AvgIpc) is 3.27. The van der Waals surface area contributed by atoms with Gasteiger partial charge in [0.25, 0.3) is 0 Å². The summed E-state index contributed by atoms with van der Waals surface area (Å²) in [6.45, 7) is 4.70. The number of aromatic nitrogens is 4. The molecule has 1 aromatic heterocycles. The standard InChI is InChI=1S/C22H34N4O2/c1-21(28)9-7-15-14(11-21)3-4-17-16(15)8-10-22(2)18(17)5-6-19(22)20(27)12-26-24-13-23-25-26/h13-19,28H,3-12H2,1-2H3. The molecule has 1 aromatic rings. The predicted molar refractivity (Wildman–Crippen MR) is 104 cm³/mol. The number of Topliss-reactive ketones (excluding diaryl/α,β-unsaturated/α-hetero) is 1. The van der Waals surface area contributed by atoms with Crippen molar-refractivity contribution >= 4 is 5.78 Å². The van der Waals surface area contributed by atoms with Crippen molar-refractivity contribution in [2.45, 2.75) is 83.8 Å². The number of aliphatic hydroxyl groups is 1. The first-order valence-corrected chi connectivity index (χ1v) is 11.3. The van der Waals surface area contributed by atoms with E-state index < -0.39 is 5.60 Å². The van der Waals surface area contributed by atoms with Gasteiger partial charge in [0.1, 0.15) is 6.54 Å². The van der Waals surface area contributed by atoms with Crippen molar-refractivity contribution in [3.8, 4) is 0 Å². The molecule has 6 nitrogen and oxygen atoms in total. The van der Waals surface area contributed by atoms with Crippen molar-refractivity contribution < 1.29 is 9.90 Å². The minimum absolute atomic E-state index is 0.145. The van der Waals surface area contributed by atoms with Crippen LogP contribution in [0.2, 0.25) is 0 Å². The third-order valence-electron chi connectivity index (χ3n) is 9.31. The summed E-state index contributed by atoms with van der Waals surface area (Å²) in [5.41, 5.74) is -0.302. The van der Waals surface area contributed by atoms with Crippen molar-refractivity contribution in [1.29, 1.82) is 0 Å². The molecule has 0 bridgehead atoms. The van der Waals surface area contributed by atoms with Crippen LogP contribution in [-0.4, -0.2) is 36.7 Å². The Hall–Kier alpha value is -1.30. The SMILES string of the molecule is CC1(O)CCC2C(CCC3C2CCC2(C)C(C(=O)Cn4ncnn4)CCC32)C1. The highest BCUT2D eigenvalue weighted by Gasteiger charge is 2.58. The number of hydrogen-bond acceptors (Lipinski definition) is 5. The van der Waals surface area contributed by atoms with Crippen LogP contribution in [0.1, 0.15) is 71.6 Å². The second-order valence-corrected chi connectivity index (χ2v) is 10.8. The normalized spacial score (nSPS) is 47.8. The second kappa shape index (κ2) is 6.61. The van der Waals surface area contributed by atoms with Crippen molar-refractivity contribution in [1.82, 2.24) is 20.2 Å². The first-order chi connectivity index (χ1) is 13.4. The van der Waals surface area contributed by atoms with Gasteiger partial charge in [-0.25, -0.2) is 0 Å². The Morgan fingerprint density at radius 3 is 2.68 bits per heavy atom. The van der Waals surface area contributed by atoms with Crippen LogP contribution in [0.5, 0.6) is 0 Å². The number of hydrogen-bond donors (Lipinski definition) is 1. The molecule has 8 atom stereocenters. The van der Waals surface area contributed by atoms with Gasteiger partial charge in [-0.2, -0.15) is 4.80 Å². The van der Waals surface area contributed by atoms with E-state index in [0.29, 0.717) is 17.6 Å². The number of tetrazole rings is 1. The molecule has 0 saturated heterocycles. The van der Waals surface area contributed by atoms with Gasteiger partial charge in [0.15, 0.2) is 12.1 Å². The number of ketones is 1. The van der Waals surface area contributed by atoms with Crippen LogP contribution in [0, 0.1) is 40.9 Å². The molecule has 1 heterocycles. The lowest BCUT2D eigenvalue weighted by atomic mass is 9.49. The fourth-order valence-electron chi connectivity index (χ4n) is 8.12. The first-order valence-electron chi connectivity index (χ1n) is 11.3. The predicted octanol–water partition coefficient (Wildman–Crippen LogP) is 3.26. The van der Waals surface area contributed by atoms with Crippen LogP contribution in [0.15, 0.2) is 6.33 Å². The van der Waals surface area contributed by atoms with Crippen molar-refractivity contribution in [2.75, 3.05) is 0 Å². The highest BCUT2D eigenvalue weighted by molar-refractivity contribution is 5.81. The summed E-state index contributed by atoms with van der Waals surface area (Å²) in [5, 5.41) is 22.2. The van der Waals surface area contributed by atoms with Gasteiger partial charge in [0.2, 0.25) is 0 Å². The van der Waals surface area contributed by atoms with E-state index in [1.165, 1.54) is 49.6 Å². The van der Waals surface area contributed by atoms with Crippen LogP contribution in [0.3, 0.4) is 0 Å². The average molecular weight is 387 g/mol. The Bertz CT molecular complexity index is 733. The number of carbonyl (C=O) groups excluding carboxylic acids is 1. The molecular formula is C22H34N4O2. The fourth-order valence-corrected chi connectivity index (χ4v) is 8.12. The zero-order valence-corrected chi connectivity index (χ0v) is 17.3. The molecule has 1 N–H and O–H groups in total. The molecule has 0 aromatic carbocycles. The fraction of sp³-hybridized carbons (Fsp3) is 0.909. The van der Waals surface area contributed by atoms with Crippen LogP contribution in [0.4, 0.5) is 0 Å². The van der Waals surface area contributed by atoms with Crippen LogP contribution < -0.4 is 0 Å². The lowest BCUT2D eigenvalue weighted by Crippen LogP contribution is -2.51. The molecule has 4 saturated carbocycles. The monoisotopic (exact) mass is 386 g/mol. The molecule has 4 aliphatic carbocycles. The van der Waals surface area contributed by atoms with E-state index in [0.717, 1.165) is 37.0 Å². The summed E-state index contributed by atoms with van der Waals surface area (Å²) in [6.07, 6.45) is 11.8. The summed E-state index contributed by atoms with van der Waals surface area (Å²) < 4.78 is 0. The van der Waals surface area contributed by atoms with Gasteiger partial charge in [0.05, 0.1) is 5.60 Å². The van der Waals surface area contributed by atoms with Crippen molar-refractivity contribution in [3.05, 3.63) is 6.33 Å². The number of nitrogens with zero attached hydrogens (tertiary/aromatic N) is 4. The maximum Gasteiger partial charge on any atom is 0.162 e. The lowest BCUT2D eigenvalue weighted by molar-refractivity contribution is -0.133. The zero-order chi connectivity index (χ0) is 19.5. The van der Waals surface area contributed by atoms with Crippen LogP contribution >= 0.6 is 0 Å². The van der Waals surface area contributed by atoms with Gasteiger partial charge in [-0.1, -0.05) is 6.92 Å². The maximum absolute atomic E-state index is 13.1. The molecule has 5 rings (SSSR count). The molecule has 8 unspecified atom stereocenters. The van der Waals surface area contributed by atoms with E-state index in [4.69, 9.17) is 0 Å². The van der Waals surface area contributed by atoms with E-state index in [2.05, 4.69) is 22.3 Å². The van der Waals surface area contributed by atoms with Crippen LogP contribution in [0.25, 0.3) is 0 Å². The molecule has 0 radical (unpaired) electrons. The van der Waals surface area contributed by atoms with Crippen molar-refractivity contribution in [3.63, 3.8) is 0 Å². The first kappa shape index (κ1) is 18.7. The number of rotatable bonds is 3. The molecule has 0 aliphatic heterocycles. The molecule has 28 heavy (non-hydrogen) atoms. The summed E-state index contributed by atoms with van der Waals surface area (Å²) >= 11 is 0. The van der Waals surface area contributed by atoms with Gasteiger partial charge in [0, 0.05) is 5.92 Å². The van der Waals surface area contributed by atoms with Gasteiger partial charge in [-0.3, -0.25) is 4.79 Å². The summed E-state index contributed by atoms with van der Waals surface area (Å²) in [4.78, 5) is 14.5. The third-order valence-corrected chi connectivity index (χ3v) is 9.31. The Balaban J connectivity index is 1.32. The largest absolute Gasteiger partial charge is 0.390 e. The molecule has 4 aliphatic rings. The topological polar surface area (TPSA) is 80.9 Å². The van der Waals surface area contributed by atoms with E-state index in [1.54, 1.807) is 0 Å². The molecule has 154 valence electrons. The molecule has 0 spiro atoms. The minimum Gasteiger partial charge on any atom is -0.390 e. The second-order valence-electron chi connectivity index (χ2n) is 10.8. The Kier molecular flexibility index (Phi) is 4.42. The quantitative estimate of drug-likeness (QED) is 0.862. The van der Waals surface area contributed by atoms with Gasteiger partial charge < -0.3 is 5.11 Å². The van der Waals surface area contributed by atoms with E-state index in [1.807, 2.05) is 6.92 Å². The molecular weight excluding hydrogens is 352 g/mol. The Morgan fingerprint density at radius 1 is 1.07 bits per heavy atom. The summed E-state index contributed by atoms with van der Waals surface area (Å²) in [5.74, 6) is 4.25. The highest BCUT2D eigenvalue weighted by atomic mass is 16.3. The highest BCUT2D eigenvalue weighted by Crippen LogP contribution is 2.64. The zero-order valence-electron chi connectivity index (χ0n) is 17.3.